The Morgan fingerprint density at radius 3 is 2.59 bits per heavy atom. The van der Waals surface area contributed by atoms with Crippen molar-refractivity contribution in [3.63, 3.8) is 0 Å². The zero-order valence-corrected chi connectivity index (χ0v) is 12.4. The zero-order chi connectivity index (χ0) is 14.8. The van der Waals surface area contributed by atoms with Crippen LogP contribution in [0.2, 0.25) is 0 Å². The molecular formula is C16H19N5O. The van der Waals surface area contributed by atoms with Crippen molar-refractivity contribution in [1.82, 2.24) is 19.9 Å². The molecule has 114 valence electrons. The molecule has 2 fully saturated rings. The minimum atomic E-state index is 0.0131. The van der Waals surface area contributed by atoms with E-state index in [2.05, 4.69) is 24.8 Å². The Balaban J connectivity index is 1.41. The molecule has 0 bridgehead atoms. The number of rotatable bonds is 2. The van der Waals surface area contributed by atoms with Gasteiger partial charge in [-0.25, -0.2) is 15.0 Å². The van der Waals surface area contributed by atoms with Gasteiger partial charge in [0.05, 0.1) is 18.4 Å². The van der Waals surface area contributed by atoms with Crippen LogP contribution in [0.5, 0.6) is 0 Å². The second-order valence-electron chi connectivity index (χ2n) is 6.12. The molecule has 0 N–H and O–H groups in total. The van der Waals surface area contributed by atoms with Gasteiger partial charge in [-0.05, 0) is 24.8 Å². The summed E-state index contributed by atoms with van der Waals surface area (Å²) in [6.45, 7) is 2.71. The number of aromatic nitrogens is 4. The van der Waals surface area contributed by atoms with Gasteiger partial charge in [-0.15, -0.1) is 0 Å². The van der Waals surface area contributed by atoms with Crippen LogP contribution in [0.15, 0.2) is 37.3 Å². The molecule has 6 nitrogen and oxygen atoms in total. The summed E-state index contributed by atoms with van der Waals surface area (Å²) in [5.41, 5.74) is 1.20. The summed E-state index contributed by atoms with van der Waals surface area (Å²) in [5, 5.41) is 0. The molecule has 1 atom stereocenters. The van der Waals surface area contributed by atoms with Crippen LogP contribution in [0.25, 0.3) is 0 Å². The van der Waals surface area contributed by atoms with Gasteiger partial charge in [0, 0.05) is 43.8 Å². The summed E-state index contributed by atoms with van der Waals surface area (Å²) >= 11 is 0. The standard InChI is InChI=1S/C16H19N5O/c1-5-21(15-10-17-3-4-20-15)6-2-16(1)7-13(11-22-16)14-8-18-12-19-9-14/h3-4,8-10,12-13H,1-2,5-7,11H2. The number of nitrogens with zero attached hydrogens (tertiary/aromatic N) is 5. The summed E-state index contributed by atoms with van der Waals surface area (Å²) in [6, 6.07) is 0. The molecule has 2 aromatic heterocycles. The van der Waals surface area contributed by atoms with Gasteiger partial charge in [-0.3, -0.25) is 4.98 Å². The zero-order valence-electron chi connectivity index (χ0n) is 12.4. The van der Waals surface area contributed by atoms with E-state index in [1.807, 2.05) is 18.6 Å². The monoisotopic (exact) mass is 297 g/mol. The quantitative estimate of drug-likeness (QED) is 0.842. The van der Waals surface area contributed by atoms with Gasteiger partial charge < -0.3 is 9.64 Å². The summed E-state index contributed by atoms with van der Waals surface area (Å²) in [6.07, 6.45) is 13.8. The maximum absolute atomic E-state index is 6.21. The lowest BCUT2D eigenvalue weighted by atomic mass is 9.84. The maximum atomic E-state index is 6.21. The second-order valence-corrected chi connectivity index (χ2v) is 6.12. The Morgan fingerprint density at radius 2 is 1.86 bits per heavy atom. The molecule has 2 saturated heterocycles. The van der Waals surface area contributed by atoms with Gasteiger partial charge in [-0.2, -0.15) is 0 Å². The summed E-state index contributed by atoms with van der Waals surface area (Å²) in [4.78, 5) is 19.1. The van der Waals surface area contributed by atoms with Crippen LogP contribution in [0.1, 0.15) is 30.7 Å². The average molecular weight is 297 g/mol. The van der Waals surface area contributed by atoms with E-state index < -0.39 is 0 Å². The van der Waals surface area contributed by atoms with Crippen molar-refractivity contribution >= 4 is 5.82 Å². The van der Waals surface area contributed by atoms with Crippen LogP contribution in [-0.2, 0) is 4.74 Å². The Labute approximate surface area is 129 Å². The lowest BCUT2D eigenvalue weighted by Gasteiger charge is -2.39. The highest BCUT2D eigenvalue weighted by Gasteiger charge is 2.43. The first-order chi connectivity index (χ1) is 10.8. The van der Waals surface area contributed by atoms with E-state index in [1.165, 1.54) is 5.56 Å². The molecule has 0 aromatic carbocycles. The number of hydrogen-bond acceptors (Lipinski definition) is 6. The van der Waals surface area contributed by atoms with E-state index in [-0.39, 0.29) is 5.60 Å². The van der Waals surface area contributed by atoms with E-state index in [0.29, 0.717) is 5.92 Å². The van der Waals surface area contributed by atoms with Crippen molar-refractivity contribution in [2.24, 2.45) is 0 Å². The third-order valence-electron chi connectivity index (χ3n) is 4.81. The van der Waals surface area contributed by atoms with Gasteiger partial charge in [0.1, 0.15) is 12.1 Å². The van der Waals surface area contributed by atoms with E-state index in [1.54, 1.807) is 18.7 Å². The summed E-state index contributed by atoms with van der Waals surface area (Å²) in [7, 11) is 0. The molecule has 0 radical (unpaired) electrons. The summed E-state index contributed by atoms with van der Waals surface area (Å²) < 4.78 is 6.21. The van der Waals surface area contributed by atoms with Crippen molar-refractivity contribution in [1.29, 1.82) is 0 Å². The second kappa shape index (κ2) is 5.61. The van der Waals surface area contributed by atoms with Crippen LogP contribution >= 0.6 is 0 Å². The van der Waals surface area contributed by atoms with Gasteiger partial charge in [0.25, 0.3) is 0 Å². The van der Waals surface area contributed by atoms with Crippen molar-refractivity contribution in [2.75, 3.05) is 24.6 Å². The molecule has 1 unspecified atom stereocenters. The van der Waals surface area contributed by atoms with Gasteiger partial charge in [0.15, 0.2) is 0 Å². The van der Waals surface area contributed by atoms with Crippen LogP contribution in [0.3, 0.4) is 0 Å². The largest absolute Gasteiger partial charge is 0.374 e. The minimum Gasteiger partial charge on any atom is -0.374 e. The first kappa shape index (κ1) is 13.6. The molecule has 2 aliphatic heterocycles. The molecule has 0 amide bonds. The Morgan fingerprint density at radius 1 is 1.05 bits per heavy atom. The molecule has 4 rings (SSSR count). The third-order valence-corrected chi connectivity index (χ3v) is 4.81. The normalized spacial score (nSPS) is 23.8. The molecule has 0 saturated carbocycles. The molecule has 22 heavy (non-hydrogen) atoms. The molecule has 2 aliphatic rings. The fraction of sp³-hybridized carbons (Fsp3) is 0.500. The molecular weight excluding hydrogens is 278 g/mol. The number of piperidine rings is 1. The Kier molecular flexibility index (Phi) is 3.46. The van der Waals surface area contributed by atoms with Crippen molar-refractivity contribution in [2.45, 2.75) is 30.8 Å². The van der Waals surface area contributed by atoms with Gasteiger partial charge in [-0.1, -0.05) is 0 Å². The lowest BCUT2D eigenvalue weighted by molar-refractivity contribution is -0.0149. The first-order valence-corrected chi connectivity index (χ1v) is 7.75. The topological polar surface area (TPSA) is 64.0 Å². The highest BCUT2D eigenvalue weighted by molar-refractivity contribution is 5.36. The first-order valence-electron chi connectivity index (χ1n) is 7.75. The van der Waals surface area contributed by atoms with Crippen LogP contribution < -0.4 is 4.90 Å². The average Bonchev–Trinajstić information content (AvgIpc) is 3.01. The fourth-order valence-corrected chi connectivity index (χ4v) is 3.53. The van der Waals surface area contributed by atoms with E-state index >= 15 is 0 Å². The summed E-state index contributed by atoms with van der Waals surface area (Å²) in [5.74, 6) is 1.38. The van der Waals surface area contributed by atoms with E-state index in [0.717, 1.165) is 44.8 Å². The molecule has 0 aliphatic carbocycles. The fourth-order valence-electron chi connectivity index (χ4n) is 3.53. The Bertz CT molecular complexity index is 613. The number of ether oxygens (including phenoxy) is 1. The van der Waals surface area contributed by atoms with Gasteiger partial charge >= 0.3 is 0 Å². The Hall–Kier alpha value is -2.08. The van der Waals surface area contributed by atoms with Crippen LogP contribution in [0.4, 0.5) is 5.82 Å². The molecule has 2 aromatic rings. The molecule has 4 heterocycles. The minimum absolute atomic E-state index is 0.0131. The van der Waals surface area contributed by atoms with Crippen molar-refractivity contribution in [3.05, 3.63) is 42.9 Å². The lowest BCUT2D eigenvalue weighted by Crippen LogP contribution is -2.44. The molecule has 6 heteroatoms. The SMILES string of the molecule is c1cnc(N2CCC3(CC2)CC(c2cncnc2)CO3)cn1. The van der Waals surface area contributed by atoms with Crippen molar-refractivity contribution in [3.8, 4) is 0 Å². The molecule has 1 spiro atoms. The van der Waals surface area contributed by atoms with Crippen LogP contribution in [-0.4, -0.2) is 45.2 Å². The van der Waals surface area contributed by atoms with E-state index in [9.17, 15) is 0 Å². The third kappa shape index (κ3) is 2.54. The predicted octanol–water partition coefficient (Wildman–Crippen LogP) is 1.81. The van der Waals surface area contributed by atoms with Crippen LogP contribution in [0, 0.1) is 0 Å². The van der Waals surface area contributed by atoms with Gasteiger partial charge in [0.2, 0.25) is 0 Å². The smallest absolute Gasteiger partial charge is 0.147 e. The highest BCUT2D eigenvalue weighted by Crippen LogP contribution is 2.42. The highest BCUT2D eigenvalue weighted by atomic mass is 16.5. The van der Waals surface area contributed by atoms with Crippen molar-refractivity contribution < 1.29 is 4.74 Å². The van der Waals surface area contributed by atoms with E-state index in [4.69, 9.17) is 4.74 Å². The number of hydrogen-bond donors (Lipinski definition) is 0. The number of anilines is 1. The maximum Gasteiger partial charge on any atom is 0.147 e. The predicted molar refractivity (Wildman–Crippen MR) is 81.6 cm³/mol.